The van der Waals surface area contributed by atoms with Crippen LogP contribution in [0.15, 0.2) is 42.6 Å². The molecule has 1 atom stereocenters. The summed E-state index contributed by atoms with van der Waals surface area (Å²) >= 11 is 0. The van der Waals surface area contributed by atoms with Crippen LogP contribution in [-0.2, 0) is 5.60 Å². The van der Waals surface area contributed by atoms with Crippen molar-refractivity contribution in [1.82, 2.24) is 0 Å². The number of halogens is 1. The summed E-state index contributed by atoms with van der Waals surface area (Å²) in [4.78, 5) is 0. The molecule has 18 heavy (non-hydrogen) atoms. The van der Waals surface area contributed by atoms with Crippen molar-refractivity contribution < 1.29 is 33.6 Å². The number of quaternary nitrogens is 1. The minimum absolute atomic E-state index is 0. The molecule has 3 heteroatoms. The summed E-state index contributed by atoms with van der Waals surface area (Å²) in [7, 11) is 2.20. The van der Waals surface area contributed by atoms with E-state index in [9.17, 15) is 5.11 Å². The van der Waals surface area contributed by atoms with Gasteiger partial charge >= 0.3 is 0 Å². The fourth-order valence-electron chi connectivity index (χ4n) is 3.57. The van der Waals surface area contributed by atoms with Gasteiger partial charge in [-0.05, 0) is 12.1 Å². The van der Waals surface area contributed by atoms with E-state index in [4.69, 9.17) is 0 Å². The smallest absolute Gasteiger partial charge is 0.166 e. The van der Waals surface area contributed by atoms with Gasteiger partial charge in [0.05, 0.1) is 20.1 Å². The summed E-state index contributed by atoms with van der Waals surface area (Å²) in [5.74, 6) is 0.345. The van der Waals surface area contributed by atoms with Crippen LogP contribution < -0.4 is 24.0 Å². The standard InChI is InChI=1S/C15H20NO.HI/c1-12-15(17,13-6-4-3-5-7-13)14-8-10-16(12,2)11-9-14;/h3-7,14,17H,1,8-11H2,2H3;1H/q+1;/p-1. The molecule has 3 saturated heterocycles. The Bertz CT molecular complexity index is 451. The van der Waals surface area contributed by atoms with E-state index in [1.807, 2.05) is 30.3 Å². The van der Waals surface area contributed by atoms with Gasteiger partial charge in [-0.3, -0.25) is 4.48 Å². The Labute approximate surface area is 126 Å². The monoisotopic (exact) mass is 357 g/mol. The number of benzene rings is 1. The van der Waals surface area contributed by atoms with Crippen molar-refractivity contribution in [2.24, 2.45) is 5.92 Å². The van der Waals surface area contributed by atoms with Crippen molar-refractivity contribution in [2.75, 3.05) is 20.1 Å². The fourth-order valence-corrected chi connectivity index (χ4v) is 3.57. The molecule has 0 spiro atoms. The van der Waals surface area contributed by atoms with Crippen LogP contribution in [0, 0.1) is 5.92 Å². The second-order valence-corrected chi connectivity index (χ2v) is 5.70. The predicted molar refractivity (Wildman–Crippen MR) is 68.1 cm³/mol. The molecule has 0 amide bonds. The van der Waals surface area contributed by atoms with Crippen molar-refractivity contribution >= 4 is 0 Å². The van der Waals surface area contributed by atoms with Crippen LogP contribution in [0.25, 0.3) is 0 Å². The molecule has 3 heterocycles. The van der Waals surface area contributed by atoms with Gasteiger partial charge in [0.2, 0.25) is 0 Å². The first-order valence-electron chi connectivity index (χ1n) is 6.40. The third-order valence-electron chi connectivity index (χ3n) is 4.84. The van der Waals surface area contributed by atoms with Crippen molar-refractivity contribution in [3.05, 3.63) is 48.2 Å². The van der Waals surface area contributed by atoms with Crippen LogP contribution in [-0.4, -0.2) is 29.7 Å². The molecule has 0 aliphatic carbocycles. The molecule has 3 aliphatic heterocycles. The van der Waals surface area contributed by atoms with E-state index in [1.54, 1.807) is 0 Å². The summed E-state index contributed by atoms with van der Waals surface area (Å²) in [6.07, 6.45) is 2.20. The number of hydrogen-bond donors (Lipinski definition) is 1. The Morgan fingerprint density at radius 3 is 2.33 bits per heavy atom. The average molecular weight is 357 g/mol. The molecule has 1 unspecified atom stereocenters. The summed E-state index contributed by atoms with van der Waals surface area (Å²) in [6, 6.07) is 10.0. The SMILES string of the molecule is C=C1C(O)(c2ccccc2)C2CC[N+]1(C)CC2.[I-]. The Morgan fingerprint density at radius 2 is 1.78 bits per heavy atom. The molecule has 0 saturated carbocycles. The lowest BCUT2D eigenvalue weighted by molar-refractivity contribution is -0.896. The van der Waals surface area contributed by atoms with Crippen molar-refractivity contribution in [3.8, 4) is 0 Å². The van der Waals surface area contributed by atoms with Crippen molar-refractivity contribution in [2.45, 2.75) is 18.4 Å². The number of nitrogens with zero attached hydrogens (tertiary/aromatic N) is 1. The van der Waals surface area contributed by atoms with Crippen LogP contribution in [0.3, 0.4) is 0 Å². The number of hydrogen-bond acceptors (Lipinski definition) is 1. The highest BCUT2D eigenvalue weighted by Crippen LogP contribution is 2.51. The fraction of sp³-hybridized carbons (Fsp3) is 0.467. The van der Waals surface area contributed by atoms with Crippen molar-refractivity contribution in [3.63, 3.8) is 0 Å². The number of aliphatic hydroxyl groups is 1. The highest BCUT2D eigenvalue weighted by Gasteiger charge is 2.57. The second-order valence-electron chi connectivity index (χ2n) is 5.70. The average Bonchev–Trinajstić information content (AvgIpc) is 2.37. The molecule has 2 bridgehead atoms. The molecular formula is C15H20INO. The Kier molecular flexibility index (Phi) is 3.60. The van der Waals surface area contributed by atoms with Crippen molar-refractivity contribution in [1.29, 1.82) is 0 Å². The number of likely N-dealkylation sites (N-methyl/N-ethyl adjacent to an activating group) is 1. The highest BCUT2D eigenvalue weighted by atomic mass is 127. The molecule has 98 valence electrons. The largest absolute Gasteiger partial charge is 1.00 e. The molecule has 1 aromatic rings. The minimum atomic E-state index is -0.813. The molecule has 0 radical (unpaired) electrons. The number of rotatable bonds is 1. The lowest BCUT2D eigenvalue weighted by atomic mass is 9.68. The Balaban J connectivity index is 0.00000120. The Hall–Kier alpha value is -0.390. The van der Waals surface area contributed by atoms with Crippen LogP contribution >= 0.6 is 0 Å². The topological polar surface area (TPSA) is 20.2 Å². The van der Waals surface area contributed by atoms with E-state index in [2.05, 4.69) is 13.6 Å². The summed E-state index contributed by atoms with van der Waals surface area (Å²) in [5, 5.41) is 11.2. The molecule has 0 aromatic heterocycles. The first-order valence-corrected chi connectivity index (χ1v) is 6.40. The molecule has 3 fully saturated rings. The number of piperidine rings is 3. The maximum absolute atomic E-state index is 11.2. The second kappa shape index (κ2) is 4.62. The molecule has 3 aliphatic rings. The lowest BCUT2D eigenvalue weighted by Crippen LogP contribution is -3.00. The van der Waals surface area contributed by atoms with E-state index in [0.29, 0.717) is 5.92 Å². The maximum atomic E-state index is 11.2. The molecule has 4 rings (SSSR count). The minimum Gasteiger partial charge on any atom is -1.00 e. The summed E-state index contributed by atoms with van der Waals surface area (Å²) in [5.41, 5.74) is 1.18. The predicted octanol–water partition coefficient (Wildman–Crippen LogP) is -0.738. The third kappa shape index (κ3) is 1.75. The normalized spacial score (nSPS) is 38.3. The van der Waals surface area contributed by atoms with Crippen LogP contribution in [0.4, 0.5) is 0 Å². The van der Waals surface area contributed by atoms with Crippen LogP contribution in [0.1, 0.15) is 18.4 Å². The maximum Gasteiger partial charge on any atom is 0.166 e. The summed E-state index contributed by atoms with van der Waals surface area (Å²) < 4.78 is 0.835. The van der Waals surface area contributed by atoms with Gasteiger partial charge in [0.15, 0.2) is 5.60 Å². The number of fused-ring (bicyclic) bond motifs is 3. The quantitative estimate of drug-likeness (QED) is 0.519. The van der Waals surface area contributed by atoms with Gasteiger partial charge in [-0.15, -0.1) is 0 Å². The zero-order chi connectivity index (χ0) is 12.1. The molecular weight excluding hydrogens is 337 g/mol. The molecule has 2 nitrogen and oxygen atoms in total. The first-order chi connectivity index (χ1) is 8.07. The highest BCUT2D eigenvalue weighted by molar-refractivity contribution is 5.32. The van der Waals surface area contributed by atoms with Crippen LogP contribution in [0.2, 0.25) is 0 Å². The molecule has 1 N–H and O–H groups in total. The summed E-state index contributed by atoms with van der Waals surface area (Å²) in [6.45, 7) is 6.47. The van der Waals surface area contributed by atoms with Gasteiger partial charge in [-0.25, -0.2) is 0 Å². The van der Waals surface area contributed by atoms with E-state index in [0.717, 1.165) is 41.7 Å². The van der Waals surface area contributed by atoms with Gasteiger partial charge in [-0.2, -0.15) is 0 Å². The van der Waals surface area contributed by atoms with Gasteiger partial charge in [0.25, 0.3) is 0 Å². The van der Waals surface area contributed by atoms with E-state index >= 15 is 0 Å². The van der Waals surface area contributed by atoms with Gasteiger partial charge in [0.1, 0.15) is 5.70 Å². The van der Waals surface area contributed by atoms with Gasteiger partial charge < -0.3 is 29.1 Å². The zero-order valence-corrected chi connectivity index (χ0v) is 12.9. The van der Waals surface area contributed by atoms with Gasteiger partial charge in [0, 0.05) is 18.8 Å². The third-order valence-corrected chi connectivity index (χ3v) is 4.84. The van der Waals surface area contributed by atoms with E-state index < -0.39 is 5.60 Å². The Morgan fingerprint density at radius 1 is 1.22 bits per heavy atom. The zero-order valence-electron chi connectivity index (χ0n) is 10.8. The van der Waals surface area contributed by atoms with Gasteiger partial charge in [-0.1, -0.05) is 30.3 Å². The molecule has 1 aromatic carbocycles. The first kappa shape index (κ1) is 14.0. The van der Waals surface area contributed by atoms with E-state index in [1.165, 1.54) is 0 Å². The van der Waals surface area contributed by atoms with Crippen LogP contribution in [0.5, 0.6) is 0 Å². The lowest BCUT2D eigenvalue weighted by Gasteiger charge is -2.55. The van der Waals surface area contributed by atoms with E-state index in [-0.39, 0.29) is 24.0 Å².